The van der Waals surface area contributed by atoms with E-state index in [9.17, 15) is 4.79 Å². The Morgan fingerprint density at radius 3 is 1.71 bits per heavy atom. The van der Waals surface area contributed by atoms with Gasteiger partial charge in [0.2, 0.25) is 5.91 Å². The van der Waals surface area contributed by atoms with Crippen LogP contribution in [0, 0.1) is 0 Å². The lowest BCUT2D eigenvalue weighted by Gasteiger charge is -2.14. The average Bonchev–Trinajstić information content (AvgIpc) is 2.14. The molecule has 0 saturated heterocycles. The summed E-state index contributed by atoms with van der Waals surface area (Å²) >= 11 is 0. The number of benzene rings is 1. The molecule has 94 valence electrons. The molecule has 1 aromatic rings. The molecule has 0 heterocycles. The number of hydrogen-bond acceptors (Lipinski definition) is 3. The predicted octanol–water partition coefficient (Wildman–Crippen LogP) is 2.36. The molecule has 17 heavy (non-hydrogen) atoms. The first-order chi connectivity index (χ1) is 7.88. The molecule has 0 spiro atoms. The Hall–Kier alpha value is -1.71. The maximum atomic E-state index is 11.2. The molecule has 0 aliphatic carbocycles. The van der Waals surface area contributed by atoms with E-state index >= 15 is 0 Å². The summed E-state index contributed by atoms with van der Waals surface area (Å²) in [6.07, 6.45) is 0.0649. The van der Waals surface area contributed by atoms with E-state index in [-0.39, 0.29) is 12.2 Å². The van der Waals surface area contributed by atoms with Gasteiger partial charge >= 0.3 is 0 Å². The summed E-state index contributed by atoms with van der Waals surface area (Å²) in [5, 5.41) is 0. The zero-order valence-electron chi connectivity index (χ0n) is 10.7. The van der Waals surface area contributed by atoms with E-state index in [1.54, 1.807) is 18.2 Å². The average molecular weight is 237 g/mol. The Bertz CT molecular complexity index is 371. The summed E-state index contributed by atoms with van der Waals surface area (Å²) in [5.74, 6) is 0.687. The third kappa shape index (κ3) is 4.34. The Labute approximate surface area is 102 Å². The monoisotopic (exact) mass is 237 g/mol. The molecule has 1 aromatic carbocycles. The van der Waals surface area contributed by atoms with Crippen molar-refractivity contribution in [2.45, 2.75) is 39.9 Å². The van der Waals surface area contributed by atoms with Crippen LogP contribution in [0.4, 0.5) is 0 Å². The quantitative estimate of drug-likeness (QED) is 0.855. The second kappa shape index (κ2) is 5.57. The molecular weight excluding hydrogens is 218 g/mol. The number of hydrogen-bond donors (Lipinski definition) is 1. The van der Waals surface area contributed by atoms with Gasteiger partial charge in [-0.1, -0.05) is 0 Å². The van der Waals surface area contributed by atoms with Gasteiger partial charge in [0.15, 0.2) is 0 Å². The summed E-state index contributed by atoms with van der Waals surface area (Å²) in [6.45, 7) is 7.67. The Morgan fingerprint density at radius 1 is 1.00 bits per heavy atom. The molecule has 0 aromatic heterocycles. The minimum Gasteiger partial charge on any atom is -0.491 e. The van der Waals surface area contributed by atoms with Crippen LogP contribution in [0.2, 0.25) is 0 Å². The van der Waals surface area contributed by atoms with Gasteiger partial charge in [0, 0.05) is 11.6 Å². The van der Waals surface area contributed by atoms with Crippen molar-refractivity contribution in [2.75, 3.05) is 0 Å². The fourth-order valence-electron chi connectivity index (χ4n) is 1.39. The Kier molecular flexibility index (Phi) is 4.37. The molecule has 0 saturated carbocycles. The first-order valence-corrected chi connectivity index (χ1v) is 5.66. The highest BCUT2D eigenvalue weighted by Gasteiger charge is 2.09. The zero-order chi connectivity index (χ0) is 13.0. The second-order valence-corrected chi connectivity index (χ2v) is 4.39. The lowest BCUT2D eigenvalue weighted by atomic mass is 10.2. The summed E-state index contributed by atoms with van der Waals surface area (Å²) in [4.78, 5) is 11.2. The van der Waals surface area contributed by atoms with Crippen LogP contribution in [-0.4, -0.2) is 18.1 Å². The number of amides is 1. The third-order valence-corrected chi connectivity index (χ3v) is 1.91. The van der Waals surface area contributed by atoms with E-state index in [0.717, 1.165) is 0 Å². The molecular formula is C13H19NO3. The van der Waals surface area contributed by atoms with Gasteiger partial charge in [-0.25, -0.2) is 0 Å². The molecule has 0 unspecified atom stereocenters. The van der Waals surface area contributed by atoms with Gasteiger partial charge in [-0.15, -0.1) is 0 Å². The van der Waals surface area contributed by atoms with Crippen LogP contribution < -0.4 is 15.2 Å². The van der Waals surface area contributed by atoms with Crippen LogP contribution in [0.5, 0.6) is 11.5 Å². The third-order valence-electron chi connectivity index (χ3n) is 1.91. The standard InChI is InChI=1S/C13H19NO3/c1-8(2)16-11-5-10(13(14)15)6-12(7-11)17-9(3)4/h5-9H,1-4H3,(H2,14,15). The second-order valence-electron chi connectivity index (χ2n) is 4.39. The van der Waals surface area contributed by atoms with E-state index in [4.69, 9.17) is 15.2 Å². The van der Waals surface area contributed by atoms with Gasteiger partial charge in [-0.3, -0.25) is 4.79 Å². The molecule has 0 aliphatic rings. The number of carbonyl (C=O) groups is 1. The van der Waals surface area contributed by atoms with Crippen molar-refractivity contribution in [3.63, 3.8) is 0 Å². The van der Waals surface area contributed by atoms with Crippen LogP contribution in [0.1, 0.15) is 38.1 Å². The molecule has 1 amide bonds. The van der Waals surface area contributed by atoms with Gasteiger partial charge in [0.25, 0.3) is 0 Å². The SMILES string of the molecule is CC(C)Oc1cc(OC(C)C)cc(C(N)=O)c1. The molecule has 4 heteroatoms. The topological polar surface area (TPSA) is 61.6 Å². The molecule has 1 rings (SSSR count). The maximum Gasteiger partial charge on any atom is 0.248 e. The molecule has 0 bridgehead atoms. The van der Waals surface area contributed by atoms with Crippen molar-refractivity contribution < 1.29 is 14.3 Å². The molecule has 0 fully saturated rings. The largest absolute Gasteiger partial charge is 0.491 e. The van der Waals surface area contributed by atoms with Crippen LogP contribution >= 0.6 is 0 Å². The van der Waals surface area contributed by atoms with Gasteiger partial charge in [-0.2, -0.15) is 0 Å². The Morgan fingerprint density at radius 2 is 1.41 bits per heavy atom. The van der Waals surface area contributed by atoms with Gasteiger partial charge in [-0.05, 0) is 39.8 Å². The van der Waals surface area contributed by atoms with E-state index in [2.05, 4.69) is 0 Å². The van der Waals surface area contributed by atoms with Crippen LogP contribution in [0.3, 0.4) is 0 Å². The minimum atomic E-state index is -0.493. The van der Waals surface area contributed by atoms with Crippen LogP contribution in [0.15, 0.2) is 18.2 Å². The van der Waals surface area contributed by atoms with Crippen molar-refractivity contribution in [3.05, 3.63) is 23.8 Å². The van der Waals surface area contributed by atoms with E-state index in [0.29, 0.717) is 17.1 Å². The fraction of sp³-hybridized carbons (Fsp3) is 0.462. The first kappa shape index (κ1) is 13.4. The fourth-order valence-corrected chi connectivity index (χ4v) is 1.39. The van der Waals surface area contributed by atoms with Crippen molar-refractivity contribution in [3.8, 4) is 11.5 Å². The number of ether oxygens (including phenoxy) is 2. The first-order valence-electron chi connectivity index (χ1n) is 5.66. The lowest BCUT2D eigenvalue weighted by Crippen LogP contribution is -2.13. The number of rotatable bonds is 5. The molecule has 0 radical (unpaired) electrons. The highest BCUT2D eigenvalue weighted by Crippen LogP contribution is 2.24. The highest BCUT2D eigenvalue weighted by atomic mass is 16.5. The van der Waals surface area contributed by atoms with E-state index in [1.165, 1.54) is 0 Å². The molecule has 2 N–H and O–H groups in total. The van der Waals surface area contributed by atoms with Crippen molar-refractivity contribution >= 4 is 5.91 Å². The van der Waals surface area contributed by atoms with Crippen LogP contribution in [-0.2, 0) is 0 Å². The summed E-state index contributed by atoms with van der Waals surface area (Å²) in [7, 11) is 0. The number of carbonyl (C=O) groups excluding carboxylic acids is 1. The number of primary amides is 1. The lowest BCUT2D eigenvalue weighted by molar-refractivity contribution is 0.0998. The highest BCUT2D eigenvalue weighted by molar-refractivity contribution is 5.93. The summed E-state index contributed by atoms with van der Waals surface area (Å²) in [6, 6.07) is 5.00. The van der Waals surface area contributed by atoms with Gasteiger partial charge in [0.05, 0.1) is 12.2 Å². The van der Waals surface area contributed by atoms with E-state index in [1.807, 2.05) is 27.7 Å². The van der Waals surface area contributed by atoms with Crippen molar-refractivity contribution in [1.82, 2.24) is 0 Å². The minimum absolute atomic E-state index is 0.0324. The molecule has 0 atom stereocenters. The van der Waals surface area contributed by atoms with Crippen molar-refractivity contribution in [1.29, 1.82) is 0 Å². The van der Waals surface area contributed by atoms with Crippen LogP contribution in [0.25, 0.3) is 0 Å². The molecule has 0 aliphatic heterocycles. The van der Waals surface area contributed by atoms with Gasteiger partial charge < -0.3 is 15.2 Å². The smallest absolute Gasteiger partial charge is 0.248 e. The summed E-state index contributed by atoms with van der Waals surface area (Å²) in [5.41, 5.74) is 5.65. The van der Waals surface area contributed by atoms with Crippen molar-refractivity contribution in [2.24, 2.45) is 5.73 Å². The number of nitrogens with two attached hydrogens (primary N) is 1. The Balaban J connectivity index is 3.04. The predicted molar refractivity (Wildman–Crippen MR) is 66.5 cm³/mol. The maximum absolute atomic E-state index is 11.2. The zero-order valence-corrected chi connectivity index (χ0v) is 10.7. The summed E-state index contributed by atoms with van der Waals surface area (Å²) < 4.78 is 11.1. The normalized spacial score (nSPS) is 10.7. The van der Waals surface area contributed by atoms with E-state index < -0.39 is 5.91 Å². The molecule has 4 nitrogen and oxygen atoms in total. The van der Waals surface area contributed by atoms with Gasteiger partial charge in [0.1, 0.15) is 11.5 Å².